The molecular weight excluding hydrogens is 466 g/mol. The van der Waals surface area contributed by atoms with Gasteiger partial charge in [-0.25, -0.2) is 0 Å². The molecule has 0 aliphatic heterocycles. The molecule has 3 rings (SSSR count). The fourth-order valence-corrected chi connectivity index (χ4v) is 6.77. The number of ketones is 1. The van der Waals surface area contributed by atoms with Crippen LogP contribution in [-0.2, 0) is 14.3 Å². The smallest absolute Gasteiger partial charge is 0.303 e. The van der Waals surface area contributed by atoms with Crippen molar-refractivity contribution in [3.8, 4) is 0 Å². The number of aliphatic carboxylic acids is 1. The molecule has 0 aromatic heterocycles. The molecule has 2 N–H and O–H groups in total. The van der Waals surface area contributed by atoms with Gasteiger partial charge in [0.15, 0.2) is 0 Å². The van der Waals surface area contributed by atoms with Gasteiger partial charge in [-0.1, -0.05) is 97.4 Å². The highest BCUT2D eigenvalue weighted by Gasteiger charge is 2.45. The molecule has 1 atom stereocenters. The summed E-state index contributed by atoms with van der Waals surface area (Å²) < 4.78 is -0.988. The molecule has 0 heterocycles. The molecule has 0 fully saturated rings. The number of carbonyl (C=O) groups excluding carboxylic acids is 1. The van der Waals surface area contributed by atoms with Gasteiger partial charge in [-0.05, 0) is 56.8 Å². The van der Waals surface area contributed by atoms with Gasteiger partial charge in [0.2, 0.25) is 0 Å². The molecule has 1 unspecified atom stereocenters. The first-order valence-corrected chi connectivity index (χ1v) is 13.4. The monoisotopic (exact) mass is 503 g/mol. The Kier molecular flexibility index (Phi) is 9.91. The summed E-state index contributed by atoms with van der Waals surface area (Å²) in [7, 11) is 0. The zero-order valence-corrected chi connectivity index (χ0v) is 22.3. The van der Waals surface area contributed by atoms with Crippen LogP contribution in [0.1, 0.15) is 63.1 Å². The third kappa shape index (κ3) is 6.86. The quantitative estimate of drug-likeness (QED) is 0.190. The number of benzene rings is 3. The number of Topliss-reactive ketones (excluding diaryl/α,β-unsaturated/α-hetero) is 1. The summed E-state index contributed by atoms with van der Waals surface area (Å²) in [4.78, 5) is 23.7. The molecule has 0 bridgehead atoms. The number of carboxylic acid groups (broad SMARTS) is 1. The number of carboxylic acids is 1. The Hall–Kier alpha value is -2.89. The Bertz CT molecular complexity index is 1000. The van der Waals surface area contributed by atoms with Crippen LogP contribution in [0.25, 0.3) is 0 Å². The Morgan fingerprint density at radius 1 is 0.778 bits per heavy atom. The molecule has 0 radical (unpaired) electrons. The number of hydrogen-bond donors (Lipinski definition) is 2. The van der Waals surface area contributed by atoms with Crippen molar-refractivity contribution in [2.45, 2.75) is 62.0 Å². The first-order chi connectivity index (χ1) is 17.3. The minimum absolute atomic E-state index is 0.0983. The lowest BCUT2D eigenvalue weighted by Gasteiger charge is -2.44. The molecule has 0 saturated heterocycles. The summed E-state index contributed by atoms with van der Waals surface area (Å²) in [6.07, 6.45) is 2.49. The van der Waals surface area contributed by atoms with Crippen LogP contribution in [0.15, 0.2) is 91.0 Å². The molecule has 3 aromatic rings. The Labute approximate surface area is 219 Å². The van der Waals surface area contributed by atoms with E-state index in [2.05, 4.69) is 92.0 Å². The van der Waals surface area contributed by atoms with Crippen LogP contribution < -0.4 is 5.32 Å². The molecule has 0 aliphatic rings. The van der Waals surface area contributed by atoms with Gasteiger partial charge >= 0.3 is 5.97 Å². The van der Waals surface area contributed by atoms with Crippen LogP contribution in [0.5, 0.6) is 0 Å². The summed E-state index contributed by atoms with van der Waals surface area (Å²) >= 11 is 1.80. The standard InChI is InChI=1S/C31H37NO3S/c1-24(33)29(32-23-15-7-14-22-28(34)35)30(2,3)36-31(25-16-8-4-9-17-25,26-18-10-5-11-19-26)27-20-12-6-13-21-27/h4-6,8-13,16-21,29,32H,7,14-15,22-23H2,1-3H3,(H,34,35). The van der Waals surface area contributed by atoms with Gasteiger partial charge in [0.1, 0.15) is 5.78 Å². The summed E-state index contributed by atoms with van der Waals surface area (Å²) in [6, 6.07) is 31.2. The Morgan fingerprint density at radius 3 is 1.61 bits per heavy atom. The van der Waals surface area contributed by atoms with Gasteiger partial charge in [0.05, 0.1) is 10.8 Å². The maximum absolute atomic E-state index is 12.9. The van der Waals surface area contributed by atoms with Crippen LogP contribution in [0.4, 0.5) is 0 Å². The topological polar surface area (TPSA) is 66.4 Å². The minimum atomic E-state index is -0.763. The first-order valence-electron chi connectivity index (χ1n) is 12.6. The Morgan fingerprint density at radius 2 is 1.22 bits per heavy atom. The third-order valence-corrected chi connectivity index (χ3v) is 8.25. The van der Waals surface area contributed by atoms with E-state index < -0.39 is 15.5 Å². The van der Waals surface area contributed by atoms with Crippen LogP contribution in [-0.4, -0.2) is 34.2 Å². The van der Waals surface area contributed by atoms with E-state index in [1.807, 2.05) is 18.2 Å². The number of rotatable bonds is 14. The van der Waals surface area contributed by atoms with Crippen molar-refractivity contribution >= 4 is 23.5 Å². The van der Waals surface area contributed by atoms with E-state index in [4.69, 9.17) is 5.11 Å². The largest absolute Gasteiger partial charge is 0.481 e. The first kappa shape index (κ1) is 27.7. The van der Waals surface area contributed by atoms with E-state index in [0.29, 0.717) is 13.0 Å². The zero-order chi connectivity index (χ0) is 26.0. The molecule has 190 valence electrons. The Balaban J connectivity index is 1.99. The minimum Gasteiger partial charge on any atom is -0.481 e. The zero-order valence-electron chi connectivity index (χ0n) is 21.4. The fourth-order valence-electron chi connectivity index (χ4n) is 4.85. The van der Waals surface area contributed by atoms with E-state index in [9.17, 15) is 9.59 Å². The van der Waals surface area contributed by atoms with Crippen molar-refractivity contribution in [2.75, 3.05) is 6.54 Å². The second-order valence-corrected chi connectivity index (χ2v) is 11.6. The molecule has 0 saturated carbocycles. The average molecular weight is 504 g/mol. The van der Waals surface area contributed by atoms with Crippen molar-refractivity contribution in [2.24, 2.45) is 0 Å². The van der Waals surface area contributed by atoms with Crippen molar-refractivity contribution in [1.29, 1.82) is 0 Å². The van der Waals surface area contributed by atoms with Gasteiger partial charge in [-0.3, -0.25) is 9.59 Å². The predicted octanol–water partition coefficient (Wildman–Crippen LogP) is 6.68. The van der Waals surface area contributed by atoms with Crippen LogP contribution in [0, 0.1) is 0 Å². The fraction of sp³-hybridized carbons (Fsp3) is 0.355. The molecule has 36 heavy (non-hydrogen) atoms. The lowest BCUT2D eigenvalue weighted by Crippen LogP contribution is -2.51. The molecule has 3 aromatic carbocycles. The van der Waals surface area contributed by atoms with Crippen LogP contribution in [0.2, 0.25) is 0 Å². The van der Waals surface area contributed by atoms with E-state index >= 15 is 0 Å². The van der Waals surface area contributed by atoms with Crippen molar-refractivity contribution in [3.63, 3.8) is 0 Å². The van der Waals surface area contributed by atoms with Crippen molar-refractivity contribution < 1.29 is 14.7 Å². The van der Waals surface area contributed by atoms with E-state index in [1.165, 1.54) is 0 Å². The predicted molar refractivity (Wildman–Crippen MR) is 149 cm³/mol. The summed E-state index contributed by atoms with van der Waals surface area (Å²) in [5.41, 5.74) is 3.49. The third-order valence-electron chi connectivity index (χ3n) is 6.47. The molecular formula is C31H37NO3S. The van der Waals surface area contributed by atoms with Gasteiger partial charge in [-0.2, -0.15) is 0 Å². The van der Waals surface area contributed by atoms with E-state index in [0.717, 1.165) is 29.5 Å². The highest BCUT2D eigenvalue weighted by molar-refractivity contribution is 8.02. The number of hydrogen-bond acceptors (Lipinski definition) is 4. The summed E-state index contributed by atoms with van der Waals surface area (Å²) in [6.45, 7) is 6.61. The van der Waals surface area contributed by atoms with Gasteiger partial charge < -0.3 is 10.4 Å². The van der Waals surface area contributed by atoms with Crippen molar-refractivity contribution in [3.05, 3.63) is 108 Å². The molecule has 4 nitrogen and oxygen atoms in total. The highest BCUT2D eigenvalue weighted by atomic mass is 32.2. The van der Waals surface area contributed by atoms with Crippen molar-refractivity contribution in [1.82, 2.24) is 5.32 Å². The number of unbranched alkanes of at least 4 members (excludes halogenated alkanes) is 2. The van der Waals surface area contributed by atoms with Crippen LogP contribution in [0.3, 0.4) is 0 Å². The van der Waals surface area contributed by atoms with Crippen LogP contribution >= 0.6 is 11.8 Å². The summed E-state index contributed by atoms with van der Waals surface area (Å²) in [5, 5.41) is 12.4. The number of nitrogens with one attached hydrogen (secondary N) is 1. The molecule has 0 amide bonds. The lowest BCUT2D eigenvalue weighted by molar-refractivity contribution is -0.137. The lowest BCUT2D eigenvalue weighted by atomic mass is 9.84. The second kappa shape index (κ2) is 12.9. The normalized spacial score (nSPS) is 12.8. The van der Waals surface area contributed by atoms with Gasteiger partial charge in [-0.15, -0.1) is 11.8 Å². The average Bonchev–Trinajstić information content (AvgIpc) is 2.88. The maximum Gasteiger partial charge on any atom is 0.303 e. The maximum atomic E-state index is 12.9. The number of thioether (sulfide) groups is 1. The van der Waals surface area contributed by atoms with Gasteiger partial charge in [0.25, 0.3) is 0 Å². The number of carbonyl (C=O) groups is 2. The SMILES string of the molecule is CC(=O)C(NCCCCCC(=O)O)C(C)(C)SC(c1ccccc1)(c1ccccc1)c1ccccc1. The molecule has 0 spiro atoms. The molecule has 0 aliphatic carbocycles. The highest BCUT2D eigenvalue weighted by Crippen LogP contribution is 2.54. The van der Waals surface area contributed by atoms with E-state index in [-0.39, 0.29) is 18.2 Å². The van der Waals surface area contributed by atoms with E-state index in [1.54, 1.807) is 18.7 Å². The second-order valence-electron chi connectivity index (χ2n) is 9.69. The summed E-state index contributed by atoms with van der Waals surface area (Å²) in [5.74, 6) is -0.665. The van der Waals surface area contributed by atoms with Gasteiger partial charge in [0, 0.05) is 11.2 Å². The molecule has 5 heteroatoms.